The van der Waals surface area contributed by atoms with Crippen molar-refractivity contribution in [2.24, 2.45) is 0 Å². The molecule has 0 radical (unpaired) electrons. The number of unbranched alkanes of at least 4 members (excludes halogenated alkanes) is 2. The summed E-state index contributed by atoms with van der Waals surface area (Å²) < 4.78 is 5.19. The highest BCUT2D eigenvalue weighted by Crippen LogP contribution is 2.13. The van der Waals surface area contributed by atoms with E-state index in [1.54, 1.807) is 6.92 Å². The van der Waals surface area contributed by atoms with Crippen molar-refractivity contribution in [3.8, 4) is 0 Å². The minimum atomic E-state index is -0.157. The average molecular weight is 341 g/mol. The topological polar surface area (TPSA) is 43.4 Å². The number of ketones is 1. The smallest absolute Gasteiger partial charge is 0.306 e. The molecule has 0 aliphatic heterocycles. The molecule has 0 N–H and O–H groups in total. The quantitative estimate of drug-likeness (QED) is 0.387. The number of alkyl halides is 1. The molecule has 3 nitrogen and oxygen atoms in total. The van der Waals surface area contributed by atoms with Gasteiger partial charge < -0.3 is 4.74 Å². The molecule has 0 spiro atoms. The lowest BCUT2D eigenvalue weighted by molar-refractivity contribution is -0.145. The van der Waals surface area contributed by atoms with Gasteiger partial charge in [0.2, 0.25) is 0 Å². The van der Waals surface area contributed by atoms with E-state index in [2.05, 4.69) is 15.9 Å². The van der Waals surface area contributed by atoms with Crippen molar-refractivity contribution >= 4 is 27.7 Å². The molecule has 0 aromatic heterocycles. The van der Waals surface area contributed by atoms with Gasteiger partial charge in [-0.2, -0.15) is 0 Å². The first-order valence-electron chi connectivity index (χ1n) is 6.93. The van der Waals surface area contributed by atoms with E-state index >= 15 is 0 Å². The van der Waals surface area contributed by atoms with Gasteiger partial charge in [-0.3, -0.25) is 9.59 Å². The molecule has 0 saturated carbocycles. The summed E-state index contributed by atoms with van der Waals surface area (Å²) in [6.45, 7) is 1.92. The van der Waals surface area contributed by atoms with E-state index in [1.165, 1.54) is 0 Å². The molecule has 20 heavy (non-hydrogen) atoms. The van der Waals surface area contributed by atoms with Crippen LogP contribution in [0.3, 0.4) is 0 Å². The number of hydrogen-bond acceptors (Lipinski definition) is 3. The van der Waals surface area contributed by atoms with Crippen LogP contribution in [0.4, 0.5) is 0 Å². The van der Waals surface area contributed by atoms with Crippen molar-refractivity contribution in [2.75, 3.05) is 0 Å². The molecule has 0 bridgehead atoms. The summed E-state index contributed by atoms with van der Waals surface area (Å²) >= 11 is 3.33. The lowest BCUT2D eigenvalue weighted by Gasteiger charge is -2.06. The van der Waals surface area contributed by atoms with E-state index in [0.29, 0.717) is 13.0 Å². The van der Waals surface area contributed by atoms with Gasteiger partial charge in [0.15, 0.2) is 0 Å². The summed E-state index contributed by atoms with van der Waals surface area (Å²) in [5, 5.41) is 0. The molecule has 0 fully saturated rings. The number of halogens is 1. The van der Waals surface area contributed by atoms with Crippen molar-refractivity contribution < 1.29 is 14.3 Å². The monoisotopic (exact) mass is 340 g/mol. The van der Waals surface area contributed by atoms with Crippen LogP contribution in [0, 0.1) is 0 Å². The van der Waals surface area contributed by atoms with Gasteiger partial charge in [0.1, 0.15) is 12.4 Å². The molecular weight excluding hydrogens is 320 g/mol. The molecular formula is C16H21BrO3. The minimum Gasteiger partial charge on any atom is -0.461 e. The Labute approximate surface area is 128 Å². The van der Waals surface area contributed by atoms with Gasteiger partial charge in [0.05, 0.1) is 4.83 Å². The molecule has 1 aromatic rings. The van der Waals surface area contributed by atoms with Crippen molar-refractivity contribution in [1.82, 2.24) is 0 Å². The SMILES string of the molecule is CC(=O)[C@@H](Br)CCCCCC(=O)OCc1ccccc1. The molecule has 1 aromatic carbocycles. The number of ether oxygens (including phenoxy) is 1. The Kier molecular flexibility index (Phi) is 8.19. The Hall–Kier alpha value is -1.16. The third kappa shape index (κ3) is 7.43. The van der Waals surface area contributed by atoms with Crippen LogP contribution in [0.2, 0.25) is 0 Å². The van der Waals surface area contributed by atoms with Crippen LogP contribution in [0.1, 0.15) is 44.6 Å². The Balaban J connectivity index is 2.05. The maximum Gasteiger partial charge on any atom is 0.306 e. The number of benzene rings is 1. The fourth-order valence-electron chi connectivity index (χ4n) is 1.78. The number of hydrogen-bond donors (Lipinski definition) is 0. The average Bonchev–Trinajstić information content (AvgIpc) is 2.45. The third-order valence-electron chi connectivity index (χ3n) is 3.02. The van der Waals surface area contributed by atoms with E-state index in [-0.39, 0.29) is 16.6 Å². The predicted molar refractivity (Wildman–Crippen MR) is 82.7 cm³/mol. The lowest BCUT2D eigenvalue weighted by atomic mass is 10.1. The molecule has 0 unspecified atom stereocenters. The lowest BCUT2D eigenvalue weighted by Crippen LogP contribution is -2.09. The van der Waals surface area contributed by atoms with Gasteiger partial charge in [0.25, 0.3) is 0 Å². The van der Waals surface area contributed by atoms with Crippen LogP contribution in [0.5, 0.6) is 0 Å². The van der Waals surface area contributed by atoms with Gasteiger partial charge in [-0.15, -0.1) is 0 Å². The van der Waals surface area contributed by atoms with Gasteiger partial charge in [-0.1, -0.05) is 59.1 Å². The van der Waals surface area contributed by atoms with Crippen molar-refractivity contribution in [2.45, 2.75) is 50.5 Å². The van der Waals surface area contributed by atoms with Gasteiger partial charge >= 0.3 is 5.97 Å². The molecule has 0 heterocycles. The highest BCUT2D eigenvalue weighted by atomic mass is 79.9. The summed E-state index contributed by atoms with van der Waals surface area (Å²) in [5.41, 5.74) is 1.00. The zero-order chi connectivity index (χ0) is 14.8. The minimum absolute atomic E-state index is 0.0486. The first kappa shape index (κ1) is 16.9. The number of carbonyl (C=O) groups excluding carboxylic acids is 2. The maximum atomic E-state index is 11.5. The van der Waals surface area contributed by atoms with E-state index in [9.17, 15) is 9.59 Å². The van der Waals surface area contributed by atoms with E-state index in [4.69, 9.17) is 4.74 Å². The second kappa shape index (κ2) is 9.70. The zero-order valence-corrected chi connectivity index (χ0v) is 13.4. The number of Topliss-reactive ketones (excluding diaryl/α,β-unsaturated/α-hetero) is 1. The van der Waals surface area contributed by atoms with Gasteiger partial charge in [0, 0.05) is 6.42 Å². The van der Waals surface area contributed by atoms with Crippen molar-refractivity contribution in [3.05, 3.63) is 35.9 Å². The Bertz CT molecular complexity index is 417. The molecule has 110 valence electrons. The Morgan fingerprint density at radius 1 is 1.15 bits per heavy atom. The van der Waals surface area contributed by atoms with Crippen molar-refractivity contribution in [3.63, 3.8) is 0 Å². The third-order valence-corrected chi connectivity index (χ3v) is 4.12. The first-order valence-corrected chi connectivity index (χ1v) is 7.85. The fraction of sp³-hybridized carbons (Fsp3) is 0.500. The molecule has 4 heteroatoms. The zero-order valence-electron chi connectivity index (χ0n) is 11.8. The molecule has 0 aliphatic carbocycles. The summed E-state index contributed by atoms with van der Waals surface area (Å²) in [7, 11) is 0. The van der Waals surface area contributed by atoms with Gasteiger partial charge in [-0.05, 0) is 25.3 Å². The molecule has 1 atom stereocenters. The first-order chi connectivity index (χ1) is 9.59. The van der Waals surface area contributed by atoms with E-state index in [0.717, 1.165) is 31.2 Å². The van der Waals surface area contributed by atoms with Gasteiger partial charge in [-0.25, -0.2) is 0 Å². The summed E-state index contributed by atoms with van der Waals surface area (Å²) in [4.78, 5) is 22.5. The van der Waals surface area contributed by atoms with Crippen LogP contribution in [0.25, 0.3) is 0 Å². The van der Waals surface area contributed by atoms with Crippen LogP contribution < -0.4 is 0 Å². The second-order valence-corrected chi connectivity index (χ2v) is 5.93. The maximum absolute atomic E-state index is 11.5. The normalized spacial score (nSPS) is 11.9. The molecule has 0 amide bonds. The predicted octanol–water partition coefficient (Wildman–Crippen LogP) is 4.03. The molecule has 0 saturated heterocycles. The fourth-order valence-corrected chi connectivity index (χ4v) is 2.11. The van der Waals surface area contributed by atoms with E-state index < -0.39 is 0 Å². The van der Waals surface area contributed by atoms with Crippen LogP contribution in [0.15, 0.2) is 30.3 Å². The second-order valence-electron chi connectivity index (χ2n) is 4.82. The largest absolute Gasteiger partial charge is 0.461 e. The van der Waals surface area contributed by atoms with Crippen LogP contribution in [-0.2, 0) is 20.9 Å². The summed E-state index contributed by atoms with van der Waals surface area (Å²) in [6.07, 6.45) is 3.97. The highest BCUT2D eigenvalue weighted by Gasteiger charge is 2.09. The van der Waals surface area contributed by atoms with E-state index in [1.807, 2.05) is 30.3 Å². The Morgan fingerprint density at radius 2 is 1.85 bits per heavy atom. The Morgan fingerprint density at radius 3 is 2.50 bits per heavy atom. The van der Waals surface area contributed by atoms with Crippen molar-refractivity contribution in [1.29, 1.82) is 0 Å². The molecule has 1 rings (SSSR count). The summed E-state index contributed by atoms with van der Waals surface area (Å²) in [6, 6.07) is 9.66. The van der Waals surface area contributed by atoms with Crippen LogP contribution >= 0.6 is 15.9 Å². The molecule has 0 aliphatic rings. The highest BCUT2D eigenvalue weighted by molar-refractivity contribution is 9.10. The number of rotatable bonds is 9. The number of esters is 1. The number of carbonyl (C=O) groups is 2. The van der Waals surface area contributed by atoms with Crippen LogP contribution in [-0.4, -0.2) is 16.6 Å². The standard InChI is InChI=1S/C16H21BrO3/c1-13(18)15(17)10-6-3-7-11-16(19)20-12-14-8-4-2-5-9-14/h2,4-5,8-9,15H,3,6-7,10-12H2,1H3/t15-/m0/s1. The summed E-state index contributed by atoms with van der Waals surface area (Å²) in [5.74, 6) is 0.00286.